The van der Waals surface area contributed by atoms with E-state index in [0.717, 1.165) is 38.5 Å². The Morgan fingerprint density at radius 2 is 1.69 bits per heavy atom. The Morgan fingerprint density at radius 3 is 2.37 bits per heavy atom. The fraction of sp³-hybridized carbons (Fsp3) is 0.900. The standard InChI is InChI=1S/C30H50O5/c1-19-9-11-21-20(10-12-23(31)26(2,3)34-21)28(19,6)16-13-22-29(7)17-14-24(32)27(4,5)35-25(29)15-18-30(22,8)33/h10,19,21-23,25,31,33H,9,11-18H2,1-8H3/t19-,21-,22-,23-,25-,28-,29-,30+/m0/s1. The lowest BCUT2D eigenvalue weighted by atomic mass is 9.54. The molecule has 8 atom stereocenters. The highest BCUT2D eigenvalue weighted by molar-refractivity contribution is 5.86. The first kappa shape index (κ1) is 27.3. The predicted octanol–water partition coefficient (Wildman–Crippen LogP) is 5.75. The minimum absolute atomic E-state index is 0.0186. The third-order valence-electron chi connectivity index (χ3n) is 10.9. The van der Waals surface area contributed by atoms with E-state index in [2.05, 4.69) is 26.8 Å². The zero-order valence-electron chi connectivity index (χ0n) is 23.4. The lowest BCUT2D eigenvalue weighted by Crippen LogP contribution is -2.56. The van der Waals surface area contributed by atoms with Crippen LogP contribution in [-0.4, -0.2) is 51.1 Å². The van der Waals surface area contributed by atoms with Crippen molar-refractivity contribution in [2.24, 2.45) is 22.7 Å². The van der Waals surface area contributed by atoms with Gasteiger partial charge in [0.05, 0.1) is 29.5 Å². The van der Waals surface area contributed by atoms with E-state index in [1.54, 1.807) is 0 Å². The maximum Gasteiger partial charge on any atom is 0.164 e. The molecule has 0 bridgehead atoms. The average molecular weight is 491 g/mol. The Kier molecular flexibility index (Phi) is 6.96. The van der Waals surface area contributed by atoms with Gasteiger partial charge >= 0.3 is 0 Å². The minimum Gasteiger partial charge on any atom is -0.390 e. The van der Waals surface area contributed by atoms with Gasteiger partial charge in [-0.2, -0.15) is 0 Å². The molecule has 200 valence electrons. The Hall–Kier alpha value is -0.750. The van der Waals surface area contributed by atoms with Gasteiger partial charge in [0, 0.05) is 6.42 Å². The van der Waals surface area contributed by atoms with Crippen LogP contribution in [0.3, 0.4) is 0 Å². The van der Waals surface area contributed by atoms with Crippen molar-refractivity contribution in [3.63, 3.8) is 0 Å². The van der Waals surface area contributed by atoms with E-state index in [4.69, 9.17) is 9.47 Å². The number of carbonyl (C=O) groups is 1. The van der Waals surface area contributed by atoms with Gasteiger partial charge in [0.15, 0.2) is 5.78 Å². The van der Waals surface area contributed by atoms with Crippen molar-refractivity contribution in [3.05, 3.63) is 11.6 Å². The zero-order valence-corrected chi connectivity index (χ0v) is 23.4. The molecular formula is C30H50O5. The number of rotatable bonds is 3. The topological polar surface area (TPSA) is 76.0 Å². The van der Waals surface area contributed by atoms with E-state index in [1.165, 1.54) is 5.57 Å². The van der Waals surface area contributed by atoms with E-state index in [1.807, 2.05) is 34.6 Å². The SMILES string of the molecule is C[C@H]1CC[C@@H]2OC(C)(C)[C@@H](O)CC=C2[C@@]1(C)CC[C@H]1[C@]2(C)CCC(=O)C(C)(C)O[C@H]2CC[C@@]1(C)O. The van der Waals surface area contributed by atoms with E-state index in [-0.39, 0.29) is 34.7 Å². The van der Waals surface area contributed by atoms with Crippen molar-refractivity contribution < 1.29 is 24.5 Å². The molecule has 0 spiro atoms. The lowest BCUT2D eigenvalue weighted by molar-refractivity contribution is -0.196. The van der Waals surface area contributed by atoms with Crippen molar-refractivity contribution >= 4 is 5.78 Å². The van der Waals surface area contributed by atoms with Crippen LogP contribution in [0.1, 0.15) is 113 Å². The van der Waals surface area contributed by atoms with Gasteiger partial charge in [-0.15, -0.1) is 0 Å². The molecule has 2 saturated carbocycles. The molecule has 0 aromatic carbocycles. The molecule has 2 N–H and O–H groups in total. The number of aliphatic hydroxyl groups is 2. The number of hydrogen-bond acceptors (Lipinski definition) is 5. The number of ketones is 1. The van der Waals surface area contributed by atoms with E-state index in [0.29, 0.717) is 25.2 Å². The maximum absolute atomic E-state index is 12.8. The first-order valence-corrected chi connectivity index (χ1v) is 14.0. The fourth-order valence-corrected chi connectivity index (χ4v) is 7.95. The number of hydrogen-bond donors (Lipinski definition) is 2. The molecular weight excluding hydrogens is 440 g/mol. The third-order valence-corrected chi connectivity index (χ3v) is 10.9. The highest BCUT2D eigenvalue weighted by Gasteiger charge is 2.57. The molecule has 0 radical (unpaired) electrons. The van der Waals surface area contributed by atoms with Crippen molar-refractivity contribution in [2.45, 2.75) is 148 Å². The van der Waals surface area contributed by atoms with Gasteiger partial charge in [-0.3, -0.25) is 4.79 Å². The van der Waals surface area contributed by atoms with E-state index < -0.39 is 22.9 Å². The monoisotopic (exact) mass is 490 g/mol. The number of Topliss-reactive ketones (excluding diaryl/α,β-unsaturated/α-hetero) is 1. The normalized spacial score (nSPS) is 47.7. The van der Waals surface area contributed by atoms with Crippen LogP contribution in [0.2, 0.25) is 0 Å². The van der Waals surface area contributed by atoms with Crippen molar-refractivity contribution in [2.75, 3.05) is 0 Å². The molecule has 0 unspecified atom stereocenters. The first-order chi connectivity index (χ1) is 16.0. The Bertz CT molecular complexity index is 857. The van der Waals surface area contributed by atoms with Gasteiger partial charge in [-0.1, -0.05) is 26.8 Å². The molecule has 4 rings (SSSR count). The summed E-state index contributed by atoms with van der Waals surface area (Å²) >= 11 is 0. The van der Waals surface area contributed by atoms with E-state index >= 15 is 0 Å². The second kappa shape index (κ2) is 8.92. The molecule has 5 nitrogen and oxygen atoms in total. The van der Waals surface area contributed by atoms with Crippen molar-refractivity contribution in [1.82, 2.24) is 0 Å². The maximum atomic E-state index is 12.8. The highest BCUT2D eigenvalue weighted by atomic mass is 16.5. The molecule has 2 aliphatic carbocycles. The summed E-state index contributed by atoms with van der Waals surface area (Å²) < 4.78 is 13.0. The lowest BCUT2D eigenvalue weighted by Gasteiger charge is -2.55. The summed E-state index contributed by atoms with van der Waals surface area (Å²) in [5, 5.41) is 22.4. The Balaban J connectivity index is 1.62. The van der Waals surface area contributed by atoms with Gasteiger partial charge in [0.25, 0.3) is 0 Å². The van der Waals surface area contributed by atoms with Crippen molar-refractivity contribution in [1.29, 1.82) is 0 Å². The average Bonchev–Trinajstić information content (AvgIpc) is 2.92. The number of aliphatic hydroxyl groups excluding tert-OH is 1. The van der Waals surface area contributed by atoms with Crippen LogP contribution in [0.25, 0.3) is 0 Å². The van der Waals surface area contributed by atoms with Crippen LogP contribution in [-0.2, 0) is 14.3 Å². The van der Waals surface area contributed by atoms with Crippen LogP contribution >= 0.6 is 0 Å². The zero-order chi connectivity index (χ0) is 26.0. The first-order valence-electron chi connectivity index (χ1n) is 14.0. The molecule has 2 aliphatic heterocycles. The van der Waals surface area contributed by atoms with Gasteiger partial charge in [0.1, 0.15) is 5.60 Å². The fourth-order valence-electron chi connectivity index (χ4n) is 7.95. The number of fused-ring (bicyclic) bond motifs is 2. The molecule has 5 heteroatoms. The van der Waals surface area contributed by atoms with Crippen LogP contribution in [0.5, 0.6) is 0 Å². The largest absolute Gasteiger partial charge is 0.390 e. The molecule has 2 heterocycles. The summed E-state index contributed by atoms with van der Waals surface area (Å²) in [4.78, 5) is 12.8. The third kappa shape index (κ3) is 4.69. The summed E-state index contributed by atoms with van der Waals surface area (Å²) in [5.41, 5.74) is -1.06. The van der Waals surface area contributed by atoms with Crippen molar-refractivity contribution in [3.8, 4) is 0 Å². The molecule has 0 aromatic rings. The van der Waals surface area contributed by atoms with Gasteiger partial charge in [0.2, 0.25) is 0 Å². The molecule has 1 saturated heterocycles. The van der Waals surface area contributed by atoms with Gasteiger partial charge in [-0.05, 0) is 114 Å². The van der Waals surface area contributed by atoms with Crippen LogP contribution < -0.4 is 0 Å². The predicted molar refractivity (Wildman–Crippen MR) is 138 cm³/mol. The molecule has 0 amide bonds. The highest BCUT2D eigenvalue weighted by Crippen LogP contribution is 2.58. The summed E-state index contributed by atoms with van der Waals surface area (Å²) in [6.45, 7) is 16.8. The van der Waals surface area contributed by atoms with Gasteiger partial charge < -0.3 is 19.7 Å². The summed E-state index contributed by atoms with van der Waals surface area (Å²) in [5.74, 6) is 0.716. The summed E-state index contributed by atoms with van der Waals surface area (Å²) in [7, 11) is 0. The molecule has 3 fully saturated rings. The quantitative estimate of drug-likeness (QED) is 0.493. The second-order valence-electron chi connectivity index (χ2n) is 14.0. The van der Waals surface area contributed by atoms with E-state index in [9.17, 15) is 15.0 Å². The van der Waals surface area contributed by atoms with Crippen LogP contribution in [0, 0.1) is 22.7 Å². The van der Waals surface area contributed by atoms with Crippen LogP contribution in [0.15, 0.2) is 11.6 Å². The summed E-state index contributed by atoms with van der Waals surface area (Å²) in [6.07, 6.45) is 9.08. The number of carbonyl (C=O) groups excluding carboxylic acids is 1. The summed E-state index contributed by atoms with van der Waals surface area (Å²) in [6, 6.07) is 0. The Morgan fingerprint density at radius 1 is 1.00 bits per heavy atom. The number of ether oxygens (including phenoxy) is 2. The Labute approximate surface area is 213 Å². The smallest absolute Gasteiger partial charge is 0.164 e. The molecule has 0 aromatic heterocycles. The minimum atomic E-state index is -0.785. The molecule has 4 aliphatic rings. The molecule has 35 heavy (non-hydrogen) atoms. The second-order valence-corrected chi connectivity index (χ2v) is 14.0. The van der Waals surface area contributed by atoms with Gasteiger partial charge in [-0.25, -0.2) is 0 Å². The van der Waals surface area contributed by atoms with Crippen LogP contribution in [0.4, 0.5) is 0 Å².